The fraction of sp³-hybridized carbons (Fsp3) is 0.565. The molecule has 6 aliphatic rings. The second-order valence-electron chi connectivity index (χ2n) is 17.8. The minimum absolute atomic E-state index is 0.0360. The predicted octanol–water partition coefficient (Wildman–Crippen LogP) is 5.58. The second-order valence-corrected chi connectivity index (χ2v) is 17.8. The zero-order valence-corrected chi connectivity index (χ0v) is 35.8. The van der Waals surface area contributed by atoms with Crippen LogP contribution in [0.3, 0.4) is 0 Å². The van der Waals surface area contributed by atoms with E-state index in [1.807, 2.05) is 16.7 Å². The van der Waals surface area contributed by atoms with E-state index in [9.17, 15) is 24.3 Å². The van der Waals surface area contributed by atoms with Crippen molar-refractivity contribution in [2.24, 2.45) is 0 Å². The first-order valence-electron chi connectivity index (χ1n) is 22.4. The average molecular weight is 853 g/mol. The Morgan fingerprint density at radius 2 is 1.73 bits per heavy atom. The van der Waals surface area contributed by atoms with Gasteiger partial charge in [0.15, 0.2) is 5.82 Å². The summed E-state index contributed by atoms with van der Waals surface area (Å²) < 4.78 is 27.7. The van der Waals surface area contributed by atoms with Crippen LogP contribution in [0.15, 0.2) is 42.6 Å². The molecule has 2 unspecified atom stereocenters. The van der Waals surface area contributed by atoms with Crippen molar-refractivity contribution < 1.29 is 38.1 Å². The number of amides is 4. The highest BCUT2D eigenvalue weighted by molar-refractivity contribution is 6.04. The Labute approximate surface area is 361 Å². The van der Waals surface area contributed by atoms with Crippen molar-refractivity contribution in [2.75, 3.05) is 53.9 Å². The van der Waals surface area contributed by atoms with Crippen molar-refractivity contribution in [3.8, 4) is 5.75 Å². The minimum atomic E-state index is -0.528. The highest BCUT2D eigenvalue weighted by Gasteiger charge is 2.65. The average Bonchev–Trinajstić information content (AvgIpc) is 3.55. The Hall–Kier alpha value is -5.35. The lowest BCUT2D eigenvalue weighted by Gasteiger charge is -2.43. The maximum atomic E-state index is 15.3. The molecule has 0 radical (unpaired) electrons. The van der Waals surface area contributed by atoms with Crippen molar-refractivity contribution >= 4 is 52.5 Å². The van der Waals surface area contributed by atoms with Crippen LogP contribution >= 0.6 is 0 Å². The van der Waals surface area contributed by atoms with Crippen molar-refractivity contribution in [1.82, 2.24) is 20.2 Å². The molecule has 62 heavy (non-hydrogen) atoms. The van der Waals surface area contributed by atoms with Gasteiger partial charge in [-0.05, 0) is 100 Å². The Bertz CT molecular complexity index is 2220. The van der Waals surface area contributed by atoms with Crippen LogP contribution in [-0.2, 0) is 19.1 Å². The van der Waals surface area contributed by atoms with Gasteiger partial charge < -0.3 is 39.5 Å². The zero-order valence-electron chi connectivity index (χ0n) is 35.8. The summed E-state index contributed by atoms with van der Waals surface area (Å²) in [6.07, 6.45) is 11.9. The van der Waals surface area contributed by atoms with Crippen LogP contribution in [0.4, 0.5) is 33.2 Å². The largest absolute Gasteiger partial charge is 0.495 e. The summed E-state index contributed by atoms with van der Waals surface area (Å²) in [5, 5.41) is 16.1. The molecule has 3 atom stereocenters. The van der Waals surface area contributed by atoms with E-state index >= 15 is 4.39 Å². The van der Waals surface area contributed by atoms with Gasteiger partial charge in [-0.25, -0.2) is 9.37 Å². The fourth-order valence-electron chi connectivity index (χ4n) is 11.0. The third kappa shape index (κ3) is 7.62. The predicted molar refractivity (Wildman–Crippen MR) is 230 cm³/mol. The Balaban J connectivity index is 0.803. The molecule has 1 aromatic heterocycles. The lowest BCUT2D eigenvalue weighted by Crippen LogP contribution is -2.55. The van der Waals surface area contributed by atoms with Gasteiger partial charge in [0.05, 0.1) is 61.0 Å². The first-order valence-corrected chi connectivity index (χ1v) is 22.4. The van der Waals surface area contributed by atoms with Crippen LogP contribution in [0.25, 0.3) is 0 Å². The van der Waals surface area contributed by atoms with Crippen molar-refractivity contribution in [1.29, 1.82) is 0 Å². The van der Waals surface area contributed by atoms with Crippen LogP contribution in [0.1, 0.15) is 112 Å². The molecule has 2 aliphatic carbocycles. The number of carbonyl (C=O) groups is 4. The molecule has 15 nitrogen and oxygen atoms in total. The minimum Gasteiger partial charge on any atom is -0.495 e. The van der Waals surface area contributed by atoms with Crippen molar-refractivity contribution in [3.63, 3.8) is 0 Å². The number of nitrogens with one attached hydrogen (secondary N) is 2. The molecular formula is C46H57FN8O7. The quantitative estimate of drug-likeness (QED) is 0.162. The van der Waals surface area contributed by atoms with Crippen molar-refractivity contribution in [2.45, 2.75) is 132 Å². The summed E-state index contributed by atoms with van der Waals surface area (Å²) in [6, 6.07) is 9.90. The molecule has 4 amide bonds. The molecule has 2 aromatic carbocycles. The number of anilines is 5. The Morgan fingerprint density at radius 1 is 0.984 bits per heavy atom. The van der Waals surface area contributed by atoms with Crippen molar-refractivity contribution in [3.05, 3.63) is 59.5 Å². The number of aliphatic hydroxyl groups is 1. The van der Waals surface area contributed by atoms with Gasteiger partial charge in [0.2, 0.25) is 23.7 Å². The number of benzene rings is 2. The SMILES string of the molecule is CC[C@@H]1C(=O)N(C)c2cnc(Nc3ccc(C(=O)N4C(CO)C45CCC(OC4CCN(c6ccc(C7CCC(=O)NC7=O)cc6F)CC4)CC5)cc3OC)nc2N1C1CCCC1. The van der Waals surface area contributed by atoms with Gasteiger partial charge in [0, 0.05) is 38.2 Å². The van der Waals surface area contributed by atoms with E-state index in [4.69, 9.17) is 14.5 Å². The molecule has 3 aromatic rings. The van der Waals surface area contributed by atoms with Gasteiger partial charge in [-0.3, -0.25) is 24.5 Å². The van der Waals surface area contributed by atoms with Gasteiger partial charge >= 0.3 is 0 Å². The fourth-order valence-corrected chi connectivity index (χ4v) is 11.0. The van der Waals surface area contributed by atoms with E-state index in [2.05, 4.69) is 20.5 Å². The summed E-state index contributed by atoms with van der Waals surface area (Å²) in [7, 11) is 3.33. The number of fused-ring (bicyclic) bond motifs is 1. The van der Waals surface area contributed by atoms with E-state index in [1.165, 1.54) is 6.07 Å². The third-order valence-electron chi connectivity index (χ3n) is 14.4. The van der Waals surface area contributed by atoms with Gasteiger partial charge in [-0.1, -0.05) is 25.8 Å². The number of methoxy groups -OCH3 is 1. The number of hydrogen-bond donors (Lipinski definition) is 3. The number of carbonyl (C=O) groups excluding carboxylic acids is 4. The molecule has 330 valence electrons. The first-order chi connectivity index (χ1) is 30.0. The number of nitrogens with zero attached hydrogens (tertiary/aromatic N) is 6. The number of hydrogen-bond acceptors (Lipinski definition) is 12. The third-order valence-corrected chi connectivity index (χ3v) is 14.4. The normalized spacial score (nSPS) is 26.8. The van der Waals surface area contributed by atoms with E-state index in [-0.39, 0.29) is 72.8 Å². The maximum Gasteiger partial charge on any atom is 0.254 e. The summed E-state index contributed by atoms with van der Waals surface area (Å²) in [4.78, 5) is 68.6. The van der Waals surface area contributed by atoms with Gasteiger partial charge in [-0.15, -0.1) is 0 Å². The maximum absolute atomic E-state index is 15.3. The molecule has 5 fully saturated rings. The number of ether oxygens (including phenoxy) is 2. The summed E-state index contributed by atoms with van der Waals surface area (Å²) in [5.74, 6) is -0.118. The highest BCUT2D eigenvalue weighted by atomic mass is 19.1. The van der Waals surface area contributed by atoms with E-state index in [0.29, 0.717) is 65.8 Å². The second kappa shape index (κ2) is 17.1. The molecule has 2 saturated carbocycles. The molecule has 1 spiro atoms. The van der Waals surface area contributed by atoms with Crippen LogP contribution in [0.2, 0.25) is 0 Å². The summed E-state index contributed by atoms with van der Waals surface area (Å²) in [6.45, 7) is 3.20. The standard InChI is InChI=1S/C46H57FN8O7/c1-4-35-44(60)52(2)37-25-48-45(51-41(37)54(35)29-7-5-6-8-29)49-34-12-9-28(24-38(34)61-3)43(59)55-39(26-56)46(55)19-15-30(16-20-46)62-31-17-21-53(22-18-31)36-13-10-27(23-33(36)47)32-11-14-40(57)50-42(32)58/h9-10,12-13,23-25,29-32,35,39,56H,4-8,11,14-22,26H2,1-3H3,(H,48,49,51)(H,50,57,58)/t30?,32?,35-,39?,46?,55?/m1/s1. The molecule has 3 N–H and O–H groups in total. The van der Waals surface area contributed by atoms with E-state index in [0.717, 1.165) is 70.0 Å². The molecule has 4 aliphatic heterocycles. The molecule has 16 heteroatoms. The summed E-state index contributed by atoms with van der Waals surface area (Å²) in [5.41, 5.74) is 2.40. The number of aromatic nitrogens is 2. The monoisotopic (exact) mass is 852 g/mol. The first kappa shape index (κ1) is 42.0. The number of piperidine rings is 2. The zero-order chi connectivity index (χ0) is 43.3. The number of rotatable bonds is 11. The van der Waals surface area contributed by atoms with Crippen LogP contribution in [0.5, 0.6) is 5.75 Å². The molecule has 0 bridgehead atoms. The van der Waals surface area contributed by atoms with Crippen LogP contribution in [0, 0.1) is 5.82 Å². The molecular weight excluding hydrogens is 796 g/mol. The van der Waals surface area contributed by atoms with Crippen LogP contribution < -0.4 is 30.1 Å². The lowest BCUT2D eigenvalue weighted by molar-refractivity contribution is -0.134. The Morgan fingerprint density at radius 3 is 2.40 bits per heavy atom. The number of aliphatic hydroxyl groups excluding tert-OH is 1. The van der Waals surface area contributed by atoms with Gasteiger partial charge in [0.1, 0.15) is 23.3 Å². The summed E-state index contributed by atoms with van der Waals surface area (Å²) >= 11 is 0. The number of halogens is 1. The molecule has 3 saturated heterocycles. The van der Waals surface area contributed by atoms with Gasteiger partial charge in [-0.2, -0.15) is 4.98 Å². The van der Waals surface area contributed by atoms with E-state index < -0.39 is 11.5 Å². The van der Waals surface area contributed by atoms with Gasteiger partial charge in [0.25, 0.3) is 5.91 Å². The molecule has 9 rings (SSSR count). The van der Waals surface area contributed by atoms with Crippen LogP contribution in [-0.4, -0.2) is 113 Å². The Kier molecular flexibility index (Phi) is 11.6. The lowest BCUT2D eigenvalue weighted by atomic mass is 9.84. The topological polar surface area (TPSA) is 170 Å². The number of imide groups is 1. The van der Waals surface area contributed by atoms with E-state index in [1.54, 1.807) is 55.6 Å². The number of likely N-dealkylation sites (N-methyl/N-ethyl adjacent to an activating group) is 1. The smallest absolute Gasteiger partial charge is 0.254 e. The highest BCUT2D eigenvalue weighted by Crippen LogP contribution is 2.53. The molecule has 5 heterocycles.